The predicted molar refractivity (Wildman–Crippen MR) is 96.7 cm³/mol. The molecule has 1 aliphatic rings. The van der Waals surface area contributed by atoms with E-state index in [1.807, 2.05) is 6.07 Å². The van der Waals surface area contributed by atoms with Crippen molar-refractivity contribution in [1.29, 1.82) is 5.26 Å². The highest BCUT2D eigenvalue weighted by Gasteiger charge is 2.34. The highest BCUT2D eigenvalue weighted by atomic mass is 16.2. The second-order valence-corrected chi connectivity index (χ2v) is 5.58. The lowest BCUT2D eigenvalue weighted by Crippen LogP contribution is -2.24. The number of aliphatic imine (C=N–C) groups is 1. The van der Waals surface area contributed by atoms with Crippen molar-refractivity contribution in [2.45, 2.75) is 13.0 Å². The molecule has 8 nitrogen and oxygen atoms in total. The van der Waals surface area contributed by atoms with Crippen molar-refractivity contribution in [3.63, 3.8) is 0 Å². The van der Waals surface area contributed by atoms with Crippen LogP contribution in [0.4, 0.5) is 0 Å². The van der Waals surface area contributed by atoms with E-state index in [0.717, 1.165) is 0 Å². The summed E-state index contributed by atoms with van der Waals surface area (Å²) < 4.78 is 1.79. The lowest BCUT2D eigenvalue weighted by Gasteiger charge is -2.03. The number of pyridine rings is 1. The molecule has 0 unspecified atom stereocenters. The SMILES string of the molecule is CN=CC=C(N)C1=C(c2cn(CCC#N)c3ncccc23)C(=O)NC1=O. The van der Waals surface area contributed by atoms with Gasteiger partial charge in [0.05, 0.1) is 23.6 Å². The molecule has 0 spiro atoms. The number of nitrogens with zero attached hydrogens (tertiary/aromatic N) is 4. The Morgan fingerprint density at radius 2 is 2.27 bits per heavy atom. The summed E-state index contributed by atoms with van der Waals surface area (Å²) in [5.74, 6) is -1.07. The van der Waals surface area contributed by atoms with Crippen LogP contribution in [0.1, 0.15) is 12.0 Å². The quantitative estimate of drug-likeness (QED) is 0.613. The van der Waals surface area contributed by atoms with Crippen molar-refractivity contribution in [1.82, 2.24) is 14.9 Å². The molecular weight excluding hydrogens is 332 g/mol. The van der Waals surface area contributed by atoms with E-state index in [0.29, 0.717) is 29.6 Å². The molecule has 0 radical (unpaired) electrons. The van der Waals surface area contributed by atoms with Crippen LogP contribution in [0.3, 0.4) is 0 Å². The maximum Gasteiger partial charge on any atom is 0.261 e. The number of nitrogens with two attached hydrogens (primary N) is 1. The van der Waals surface area contributed by atoms with Gasteiger partial charge in [-0.05, 0) is 18.2 Å². The zero-order valence-electron chi connectivity index (χ0n) is 14.1. The number of nitriles is 1. The van der Waals surface area contributed by atoms with Gasteiger partial charge in [-0.3, -0.25) is 19.9 Å². The third kappa shape index (κ3) is 2.86. The fourth-order valence-corrected chi connectivity index (χ4v) is 2.89. The Labute approximate surface area is 149 Å². The standard InChI is InChI=1S/C18H16N6O2/c1-21-8-5-13(20)15-14(17(25)23-18(15)26)12-10-24(9-3-6-19)16-11(12)4-2-7-22-16/h2,4-5,7-8,10H,3,9,20H2,1H3,(H,23,25,26). The lowest BCUT2D eigenvalue weighted by molar-refractivity contribution is -0.123. The van der Waals surface area contributed by atoms with Gasteiger partial charge in [0.2, 0.25) is 0 Å². The molecule has 3 heterocycles. The van der Waals surface area contributed by atoms with Crippen LogP contribution < -0.4 is 11.1 Å². The number of aryl methyl sites for hydroxylation is 1. The van der Waals surface area contributed by atoms with Crippen LogP contribution in [0.15, 0.2) is 46.9 Å². The van der Waals surface area contributed by atoms with E-state index < -0.39 is 11.8 Å². The van der Waals surface area contributed by atoms with Gasteiger partial charge in [0.15, 0.2) is 0 Å². The van der Waals surface area contributed by atoms with Crippen LogP contribution in [-0.2, 0) is 16.1 Å². The second kappa shape index (κ2) is 7.03. The first-order valence-electron chi connectivity index (χ1n) is 7.88. The Bertz CT molecular complexity index is 1040. The molecule has 0 aliphatic carbocycles. The molecular formula is C18H16N6O2. The second-order valence-electron chi connectivity index (χ2n) is 5.58. The molecule has 130 valence electrons. The fourth-order valence-electron chi connectivity index (χ4n) is 2.89. The Kier molecular flexibility index (Phi) is 4.62. The molecule has 0 saturated carbocycles. The van der Waals surface area contributed by atoms with Gasteiger partial charge in [-0.2, -0.15) is 5.26 Å². The van der Waals surface area contributed by atoms with Crippen molar-refractivity contribution < 1.29 is 9.59 Å². The molecule has 26 heavy (non-hydrogen) atoms. The summed E-state index contributed by atoms with van der Waals surface area (Å²) in [5.41, 5.74) is 7.65. The average Bonchev–Trinajstić information content (AvgIpc) is 3.14. The summed E-state index contributed by atoms with van der Waals surface area (Å²) in [6.07, 6.45) is 6.58. The monoisotopic (exact) mass is 348 g/mol. The van der Waals surface area contributed by atoms with E-state index in [9.17, 15) is 9.59 Å². The number of carbonyl (C=O) groups excluding carboxylic acids is 2. The van der Waals surface area contributed by atoms with Gasteiger partial charge in [-0.1, -0.05) is 0 Å². The smallest absolute Gasteiger partial charge is 0.261 e. The van der Waals surface area contributed by atoms with E-state index in [1.54, 1.807) is 30.1 Å². The molecule has 1 aliphatic heterocycles. The first kappa shape index (κ1) is 17.1. The van der Waals surface area contributed by atoms with Crippen LogP contribution in [0.5, 0.6) is 0 Å². The number of fused-ring (bicyclic) bond motifs is 1. The van der Waals surface area contributed by atoms with Crippen molar-refractivity contribution in [3.05, 3.63) is 47.4 Å². The molecule has 2 aromatic rings. The number of hydrogen-bond donors (Lipinski definition) is 2. The topological polar surface area (TPSA) is 126 Å². The van der Waals surface area contributed by atoms with Crippen molar-refractivity contribution >= 4 is 34.6 Å². The van der Waals surface area contributed by atoms with E-state index in [4.69, 9.17) is 11.0 Å². The molecule has 0 fully saturated rings. The number of nitrogens with one attached hydrogen (secondary N) is 1. The predicted octanol–water partition coefficient (Wildman–Crippen LogP) is 0.903. The van der Waals surface area contributed by atoms with E-state index in [2.05, 4.69) is 21.4 Å². The zero-order chi connectivity index (χ0) is 18.7. The molecule has 0 atom stereocenters. The number of rotatable bonds is 5. The number of imide groups is 1. The Morgan fingerprint density at radius 3 is 3.00 bits per heavy atom. The largest absolute Gasteiger partial charge is 0.398 e. The van der Waals surface area contributed by atoms with Crippen molar-refractivity contribution in [3.8, 4) is 6.07 Å². The van der Waals surface area contributed by atoms with E-state index in [1.165, 1.54) is 12.3 Å². The minimum Gasteiger partial charge on any atom is -0.398 e. The van der Waals surface area contributed by atoms with Gasteiger partial charge in [0.1, 0.15) is 5.65 Å². The third-order valence-corrected chi connectivity index (χ3v) is 3.99. The molecule has 8 heteroatoms. The zero-order valence-corrected chi connectivity index (χ0v) is 14.1. The summed E-state index contributed by atoms with van der Waals surface area (Å²) in [6, 6.07) is 5.65. The number of hydrogen-bond acceptors (Lipinski definition) is 6. The van der Waals surface area contributed by atoms with Gasteiger partial charge >= 0.3 is 0 Å². The van der Waals surface area contributed by atoms with Crippen molar-refractivity contribution in [2.24, 2.45) is 10.7 Å². The number of allylic oxidation sites excluding steroid dienone is 1. The van der Waals surface area contributed by atoms with Gasteiger partial charge in [-0.25, -0.2) is 4.98 Å². The average molecular weight is 348 g/mol. The van der Waals surface area contributed by atoms with Crippen molar-refractivity contribution in [2.75, 3.05) is 7.05 Å². The van der Waals surface area contributed by atoms with Gasteiger partial charge in [0, 0.05) is 48.8 Å². The van der Waals surface area contributed by atoms with Gasteiger partial charge < -0.3 is 10.3 Å². The lowest BCUT2D eigenvalue weighted by atomic mass is 9.99. The summed E-state index contributed by atoms with van der Waals surface area (Å²) >= 11 is 0. The van der Waals surface area contributed by atoms with Crippen LogP contribution in [0, 0.1) is 11.3 Å². The highest BCUT2D eigenvalue weighted by molar-refractivity contribution is 6.38. The summed E-state index contributed by atoms with van der Waals surface area (Å²) in [5, 5.41) is 11.9. The summed E-state index contributed by atoms with van der Waals surface area (Å²) in [7, 11) is 1.58. The first-order valence-corrected chi connectivity index (χ1v) is 7.88. The Morgan fingerprint density at radius 1 is 1.46 bits per heavy atom. The summed E-state index contributed by atoms with van der Waals surface area (Å²) in [4.78, 5) is 32.9. The number of carbonyl (C=O) groups is 2. The molecule has 0 aromatic carbocycles. The van der Waals surface area contributed by atoms with Gasteiger partial charge in [0.25, 0.3) is 11.8 Å². The third-order valence-electron chi connectivity index (χ3n) is 3.99. The van der Waals surface area contributed by atoms with E-state index in [-0.39, 0.29) is 16.8 Å². The fraction of sp³-hybridized carbons (Fsp3) is 0.167. The van der Waals surface area contributed by atoms with Gasteiger partial charge in [-0.15, -0.1) is 0 Å². The molecule has 3 N–H and O–H groups in total. The summed E-state index contributed by atoms with van der Waals surface area (Å²) in [6.45, 7) is 0.427. The minimum atomic E-state index is -0.551. The van der Waals surface area contributed by atoms with Crippen LogP contribution in [0.2, 0.25) is 0 Å². The van der Waals surface area contributed by atoms with E-state index >= 15 is 0 Å². The normalized spacial score (nSPS) is 15.2. The number of amides is 2. The number of aromatic nitrogens is 2. The maximum absolute atomic E-state index is 12.5. The minimum absolute atomic E-state index is 0.109. The molecule has 3 rings (SSSR count). The first-order chi connectivity index (χ1) is 12.6. The molecule has 2 amide bonds. The highest BCUT2D eigenvalue weighted by Crippen LogP contribution is 2.32. The molecule has 2 aromatic heterocycles. The maximum atomic E-state index is 12.5. The van der Waals surface area contributed by atoms with Crippen LogP contribution in [-0.4, -0.2) is 34.6 Å². The Balaban J connectivity index is 2.26. The molecule has 0 saturated heterocycles. The van der Waals surface area contributed by atoms with Crippen LogP contribution in [0.25, 0.3) is 16.6 Å². The van der Waals surface area contributed by atoms with Crippen LogP contribution >= 0.6 is 0 Å². The molecule has 0 bridgehead atoms. The Hall–Kier alpha value is -3.73.